The van der Waals surface area contributed by atoms with Gasteiger partial charge >= 0.3 is 0 Å². The summed E-state index contributed by atoms with van der Waals surface area (Å²) in [5, 5.41) is 13.6. The zero-order valence-corrected chi connectivity index (χ0v) is 15.3. The zero-order valence-electron chi connectivity index (χ0n) is 15.3. The average molecular weight is 360 g/mol. The van der Waals surface area contributed by atoms with Gasteiger partial charge in [-0.25, -0.2) is 4.68 Å². The van der Waals surface area contributed by atoms with Crippen LogP contribution in [0, 0.1) is 13.8 Å². The number of anilines is 1. The lowest BCUT2D eigenvalue weighted by molar-refractivity contribution is -0.115. The predicted molar refractivity (Wildman–Crippen MR) is 104 cm³/mol. The van der Waals surface area contributed by atoms with Crippen molar-refractivity contribution in [3.8, 4) is 0 Å². The number of fused-ring (bicyclic) bond motifs is 1. The summed E-state index contributed by atoms with van der Waals surface area (Å²) in [5.74, 6) is 1.22. The highest BCUT2D eigenvalue weighted by Crippen LogP contribution is 2.21. The quantitative estimate of drug-likeness (QED) is 0.586. The molecule has 0 saturated heterocycles. The van der Waals surface area contributed by atoms with Gasteiger partial charge in [0.05, 0.1) is 24.9 Å². The van der Waals surface area contributed by atoms with E-state index in [1.165, 1.54) is 10.8 Å². The molecule has 4 rings (SSSR count). The minimum atomic E-state index is -0.121. The van der Waals surface area contributed by atoms with Crippen molar-refractivity contribution in [2.45, 2.75) is 26.8 Å². The van der Waals surface area contributed by atoms with Gasteiger partial charge in [0.1, 0.15) is 11.6 Å². The molecular weight excluding hydrogens is 340 g/mol. The number of rotatable bonds is 5. The molecule has 6 nitrogen and oxygen atoms in total. The maximum Gasteiger partial charge on any atom is 0.230 e. The van der Waals surface area contributed by atoms with E-state index in [1.807, 2.05) is 32.0 Å². The van der Waals surface area contributed by atoms with Crippen molar-refractivity contribution < 1.29 is 9.32 Å². The number of carbonyl (C=O) groups is 1. The number of carbonyl (C=O) groups excluding carboxylic acids is 1. The number of nitrogens with zero attached hydrogens (tertiary/aromatic N) is 3. The number of amides is 1. The van der Waals surface area contributed by atoms with Gasteiger partial charge in [-0.2, -0.15) is 5.10 Å². The van der Waals surface area contributed by atoms with Crippen LogP contribution in [0.3, 0.4) is 0 Å². The van der Waals surface area contributed by atoms with Gasteiger partial charge in [0.15, 0.2) is 0 Å². The largest absolute Gasteiger partial charge is 0.361 e. The summed E-state index contributed by atoms with van der Waals surface area (Å²) in [6.45, 7) is 4.23. The van der Waals surface area contributed by atoms with Gasteiger partial charge in [0.25, 0.3) is 0 Å². The molecular formula is C21H20N4O2. The molecule has 4 aromatic rings. The van der Waals surface area contributed by atoms with Gasteiger partial charge in [-0.3, -0.25) is 4.79 Å². The molecule has 0 bridgehead atoms. The highest BCUT2D eigenvalue weighted by Gasteiger charge is 2.15. The van der Waals surface area contributed by atoms with E-state index in [1.54, 1.807) is 16.9 Å². The Morgan fingerprint density at radius 1 is 1.11 bits per heavy atom. The molecule has 1 amide bonds. The molecule has 0 radical (unpaired) electrons. The van der Waals surface area contributed by atoms with E-state index in [-0.39, 0.29) is 12.3 Å². The van der Waals surface area contributed by atoms with E-state index < -0.39 is 0 Å². The van der Waals surface area contributed by atoms with Crippen LogP contribution in [0.4, 0.5) is 5.82 Å². The van der Waals surface area contributed by atoms with Crippen molar-refractivity contribution in [2.24, 2.45) is 0 Å². The number of aromatic nitrogens is 3. The van der Waals surface area contributed by atoms with Crippen LogP contribution in [0.2, 0.25) is 0 Å². The second-order valence-corrected chi connectivity index (χ2v) is 6.54. The fourth-order valence-corrected chi connectivity index (χ4v) is 3.26. The molecule has 0 unspecified atom stereocenters. The van der Waals surface area contributed by atoms with Gasteiger partial charge in [-0.15, -0.1) is 0 Å². The highest BCUT2D eigenvalue weighted by atomic mass is 16.5. The molecule has 6 heteroatoms. The first kappa shape index (κ1) is 17.0. The first-order valence-corrected chi connectivity index (χ1v) is 8.82. The minimum Gasteiger partial charge on any atom is -0.361 e. The zero-order chi connectivity index (χ0) is 18.8. The first-order chi connectivity index (χ1) is 13.1. The van der Waals surface area contributed by atoms with Crippen LogP contribution in [0.15, 0.2) is 59.3 Å². The number of hydrogen-bond acceptors (Lipinski definition) is 4. The summed E-state index contributed by atoms with van der Waals surface area (Å²) in [5.41, 5.74) is 2.72. The minimum absolute atomic E-state index is 0.121. The van der Waals surface area contributed by atoms with Crippen molar-refractivity contribution in [3.63, 3.8) is 0 Å². The van der Waals surface area contributed by atoms with Crippen LogP contribution in [-0.4, -0.2) is 20.8 Å². The van der Waals surface area contributed by atoms with Crippen LogP contribution in [0.1, 0.15) is 22.6 Å². The lowest BCUT2D eigenvalue weighted by Gasteiger charge is -2.11. The summed E-state index contributed by atoms with van der Waals surface area (Å²) in [6.07, 6.45) is 1.91. The molecule has 0 aliphatic rings. The van der Waals surface area contributed by atoms with Crippen LogP contribution < -0.4 is 5.32 Å². The molecule has 2 heterocycles. The predicted octanol–water partition coefficient (Wildman–Crippen LogP) is 3.87. The summed E-state index contributed by atoms with van der Waals surface area (Å²) >= 11 is 0. The fraction of sp³-hybridized carbons (Fsp3) is 0.190. The Bertz CT molecular complexity index is 1090. The molecule has 0 atom stereocenters. The van der Waals surface area contributed by atoms with Crippen LogP contribution in [0.5, 0.6) is 0 Å². The van der Waals surface area contributed by atoms with Crippen LogP contribution >= 0.6 is 0 Å². The third-order valence-corrected chi connectivity index (χ3v) is 4.70. The topological polar surface area (TPSA) is 73.0 Å². The second-order valence-electron chi connectivity index (χ2n) is 6.54. The Morgan fingerprint density at radius 3 is 2.74 bits per heavy atom. The van der Waals surface area contributed by atoms with Crippen LogP contribution in [0.25, 0.3) is 10.8 Å². The Balaban J connectivity index is 1.54. The Morgan fingerprint density at radius 2 is 1.93 bits per heavy atom. The maximum absolute atomic E-state index is 12.5. The normalized spacial score (nSPS) is 11.0. The van der Waals surface area contributed by atoms with Gasteiger partial charge in [-0.1, -0.05) is 47.6 Å². The van der Waals surface area contributed by atoms with Crippen molar-refractivity contribution in [1.82, 2.24) is 14.9 Å². The van der Waals surface area contributed by atoms with Gasteiger partial charge < -0.3 is 9.84 Å². The fourth-order valence-electron chi connectivity index (χ4n) is 3.26. The van der Waals surface area contributed by atoms with Crippen molar-refractivity contribution >= 4 is 22.5 Å². The van der Waals surface area contributed by atoms with Crippen molar-refractivity contribution in [3.05, 3.63) is 77.3 Å². The molecule has 0 fully saturated rings. The molecule has 27 heavy (non-hydrogen) atoms. The van der Waals surface area contributed by atoms with E-state index in [2.05, 4.69) is 39.8 Å². The number of aryl methyl sites for hydroxylation is 2. The number of nitrogens with one attached hydrogen (secondary N) is 1. The molecule has 1 N–H and O–H groups in total. The lowest BCUT2D eigenvalue weighted by Crippen LogP contribution is -2.18. The standard InChI is InChI=1S/C21H20N4O2/c1-14-19(15(2)27-24-14)12-21(26)23-20-10-11-22-25(20)13-17-8-5-7-16-6-3-4-9-18(16)17/h3-11H,12-13H2,1-2H3,(H,23,26). The molecule has 2 aromatic carbocycles. The Kier molecular flexibility index (Phi) is 4.46. The Hall–Kier alpha value is -3.41. The number of benzene rings is 2. The van der Waals surface area contributed by atoms with Gasteiger partial charge in [0.2, 0.25) is 5.91 Å². The summed E-state index contributed by atoms with van der Waals surface area (Å²) in [4.78, 5) is 12.5. The summed E-state index contributed by atoms with van der Waals surface area (Å²) in [6, 6.07) is 16.3. The van der Waals surface area contributed by atoms with E-state index >= 15 is 0 Å². The lowest BCUT2D eigenvalue weighted by atomic mass is 10.0. The maximum atomic E-state index is 12.5. The van der Waals surface area contributed by atoms with E-state index in [9.17, 15) is 4.79 Å². The summed E-state index contributed by atoms with van der Waals surface area (Å²) in [7, 11) is 0. The average Bonchev–Trinajstić information content (AvgIpc) is 3.23. The third kappa shape index (κ3) is 3.46. The number of hydrogen-bond donors (Lipinski definition) is 1. The third-order valence-electron chi connectivity index (χ3n) is 4.70. The molecule has 0 spiro atoms. The Labute approximate surface area is 156 Å². The molecule has 0 saturated carbocycles. The van der Waals surface area contributed by atoms with Gasteiger partial charge in [0, 0.05) is 11.6 Å². The van der Waals surface area contributed by atoms with E-state index in [4.69, 9.17) is 4.52 Å². The summed E-state index contributed by atoms with van der Waals surface area (Å²) < 4.78 is 6.93. The van der Waals surface area contributed by atoms with Gasteiger partial charge in [-0.05, 0) is 30.2 Å². The molecule has 2 aromatic heterocycles. The first-order valence-electron chi connectivity index (χ1n) is 8.82. The molecule has 136 valence electrons. The van der Waals surface area contributed by atoms with E-state index in [0.29, 0.717) is 18.1 Å². The van der Waals surface area contributed by atoms with Crippen LogP contribution in [-0.2, 0) is 17.8 Å². The smallest absolute Gasteiger partial charge is 0.230 e. The SMILES string of the molecule is Cc1noc(C)c1CC(=O)Nc1ccnn1Cc1cccc2ccccc12. The second kappa shape index (κ2) is 7.07. The van der Waals surface area contributed by atoms with E-state index in [0.717, 1.165) is 16.8 Å². The highest BCUT2D eigenvalue weighted by molar-refractivity contribution is 5.91. The van der Waals surface area contributed by atoms with Crippen molar-refractivity contribution in [1.29, 1.82) is 0 Å². The monoisotopic (exact) mass is 360 g/mol. The molecule has 0 aliphatic carbocycles. The van der Waals surface area contributed by atoms with Crippen molar-refractivity contribution in [2.75, 3.05) is 5.32 Å². The molecule has 0 aliphatic heterocycles.